The molecule has 0 bridgehead atoms. The van der Waals surface area contributed by atoms with Crippen LogP contribution in [0.25, 0.3) is 0 Å². The van der Waals surface area contributed by atoms with Gasteiger partial charge in [0.2, 0.25) is 5.91 Å². The smallest absolute Gasteiger partial charge is 0.219 e. The lowest BCUT2D eigenvalue weighted by Crippen LogP contribution is -2.36. The maximum Gasteiger partial charge on any atom is 0.219 e. The summed E-state index contributed by atoms with van der Waals surface area (Å²) in [5.74, 6) is 0.180. The zero-order valence-electron chi connectivity index (χ0n) is 9.94. The van der Waals surface area contributed by atoms with E-state index in [4.69, 9.17) is 0 Å². The number of aromatic nitrogens is 1. The van der Waals surface area contributed by atoms with Crippen molar-refractivity contribution >= 4 is 5.91 Å². The molecule has 1 unspecified atom stereocenters. The van der Waals surface area contributed by atoms with Crippen molar-refractivity contribution in [1.82, 2.24) is 9.88 Å². The first-order chi connectivity index (χ1) is 7.68. The summed E-state index contributed by atoms with van der Waals surface area (Å²) >= 11 is 0. The molecule has 1 aromatic rings. The van der Waals surface area contributed by atoms with Crippen LogP contribution in [-0.4, -0.2) is 22.3 Å². The van der Waals surface area contributed by atoms with Gasteiger partial charge >= 0.3 is 0 Å². The summed E-state index contributed by atoms with van der Waals surface area (Å²) in [5.41, 5.74) is 2.24. The molecule has 1 amide bonds. The van der Waals surface area contributed by atoms with Crippen LogP contribution in [0.5, 0.6) is 0 Å². The lowest BCUT2D eigenvalue weighted by Gasteiger charge is -2.35. The van der Waals surface area contributed by atoms with Crippen molar-refractivity contribution in [3.63, 3.8) is 0 Å². The van der Waals surface area contributed by atoms with Crippen LogP contribution in [0.3, 0.4) is 0 Å². The minimum Gasteiger partial charge on any atom is -0.336 e. The van der Waals surface area contributed by atoms with Crippen molar-refractivity contribution in [2.45, 2.75) is 39.2 Å². The van der Waals surface area contributed by atoms with Gasteiger partial charge in [-0.2, -0.15) is 0 Å². The molecule has 2 heterocycles. The number of nitrogens with zero attached hydrogens (tertiary/aromatic N) is 2. The highest BCUT2D eigenvalue weighted by Crippen LogP contribution is 2.30. The van der Waals surface area contributed by atoms with Crippen LogP contribution in [-0.2, 0) is 4.79 Å². The Labute approximate surface area is 96.5 Å². The highest BCUT2D eigenvalue weighted by Gasteiger charge is 2.25. The molecule has 0 aliphatic carbocycles. The maximum atomic E-state index is 11.6. The van der Waals surface area contributed by atoms with E-state index in [1.165, 1.54) is 12.0 Å². The molecule has 2 rings (SSSR count). The average Bonchev–Trinajstić information content (AvgIpc) is 2.29. The van der Waals surface area contributed by atoms with Crippen molar-refractivity contribution in [3.8, 4) is 0 Å². The Balaban J connectivity index is 2.26. The predicted octanol–water partition coefficient (Wildman–Crippen LogP) is 2.46. The summed E-state index contributed by atoms with van der Waals surface area (Å²) < 4.78 is 0. The fraction of sp³-hybridized carbons (Fsp3) is 0.538. The van der Waals surface area contributed by atoms with Gasteiger partial charge in [0.1, 0.15) is 0 Å². The number of hydrogen-bond donors (Lipinski definition) is 0. The molecule has 1 aromatic heterocycles. The number of carbonyl (C=O) groups excluding carboxylic acids is 1. The Morgan fingerprint density at radius 2 is 2.31 bits per heavy atom. The lowest BCUT2D eigenvalue weighted by molar-refractivity contribution is -0.132. The van der Waals surface area contributed by atoms with Crippen LogP contribution >= 0.6 is 0 Å². The van der Waals surface area contributed by atoms with Gasteiger partial charge in [-0.3, -0.25) is 9.78 Å². The van der Waals surface area contributed by atoms with Crippen LogP contribution in [0.1, 0.15) is 43.5 Å². The molecule has 0 radical (unpaired) electrons. The molecular weight excluding hydrogens is 200 g/mol. The molecule has 1 atom stereocenters. The quantitative estimate of drug-likeness (QED) is 0.725. The van der Waals surface area contributed by atoms with Gasteiger partial charge in [-0.15, -0.1) is 0 Å². The van der Waals surface area contributed by atoms with E-state index < -0.39 is 0 Å². The first-order valence-corrected chi connectivity index (χ1v) is 5.88. The third-order valence-electron chi connectivity index (χ3n) is 3.21. The second-order valence-corrected chi connectivity index (χ2v) is 4.45. The van der Waals surface area contributed by atoms with E-state index >= 15 is 0 Å². The zero-order chi connectivity index (χ0) is 11.5. The third-order valence-corrected chi connectivity index (χ3v) is 3.21. The standard InChI is InChI=1S/C13H18N2O/c1-10-9-12(6-7-14-10)13-5-3-4-8-15(13)11(2)16/h6-7,9,13H,3-5,8H2,1-2H3. The molecular formula is C13H18N2O. The number of pyridine rings is 1. The monoisotopic (exact) mass is 218 g/mol. The summed E-state index contributed by atoms with van der Waals surface area (Å²) in [6.45, 7) is 4.54. The van der Waals surface area contributed by atoms with Crippen LogP contribution in [0.4, 0.5) is 0 Å². The Kier molecular flexibility index (Phi) is 3.22. The van der Waals surface area contributed by atoms with Gasteiger partial charge < -0.3 is 4.90 Å². The Morgan fingerprint density at radius 1 is 1.50 bits per heavy atom. The molecule has 0 aromatic carbocycles. The SMILES string of the molecule is CC(=O)N1CCCCC1c1ccnc(C)c1. The summed E-state index contributed by atoms with van der Waals surface area (Å²) in [4.78, 5) is 17.8. The molecule has 1 fully saturated rings. The van der Waals surface area contributed by atoms with Gasteiger partial charge in [0.15, 0.2) is 0 Å². The van der Waals surface area contributed by atoms with Crippen molar-refractivity contribution in [3.05, 3.63) is 29.6 Å². The first kappa shape index (κ1) is 11.1. The molecule has 3 heteroatoms. The largest absolute Gasteiger partial charge is 0.336 e. The molecule has 16 heavy (non-hydrogen) atoms. The summed E-state index contributed by atoms with van der Waals surface area (Å²) in [7, 11) is 0. The van der Waals surface area contributed by atoms with Gasteiger partial charge in [-0.1, -0.05) is 0 Å². The number of rotatable bonds is 1. The molecule has 1 aliphatic rings. The van der Waals surface area contributed by atoms with E-state index in [9.17, 15) is 4.79 Å². The second kappa shape index (κ2) is 4.64. The first-order valence-electron chi connectivity index (χ1n) is 5.88. The average molecular weight is 218 g/mol. The summed E-state index contributed by atoms with van der Waals surface area (Å²) in [6, 6.07) is 4.37. The number of likely N-dealkylation sites (tertiary alicyclic amines) is 1. The van der Waals surface area contributed by atoms with Crippen LogP contribution in [0, 0.1) is 6.92 Å². The predicted molar refractivity (Wildman–Crippen MR) is 63.0 cm³/mol. The molecule has 0 N–H and O–H groups in total. The van der Waals surface area contributed by atoms with E-state index in [0.717, 1.165) is 25.1 Å². The second-order valence-electron chi connectivity index (χ2n) is 4.45. The maximum absolute atomic E-state index is 11.6. The van der Waals surface area contributed by atoms with Crippen molar-refractivity contribution in [1.29, 1.82) is 0 Å². The van der Waals surface area contributed by atoms with Crippen LogP contribution < -0.4 is 0 Å². The van der Waals surface area contributed by atoms with Gasteiger partial charge in [-0.05, 0) is 43.9 Å². The Bertz CT molecular complexity index is 389. The van der Waals surface area contributed by atoms with Crippen molar-refractivity contribution in [2.75, 3.05) is 6.54 Å². The van der Waals surface area contributed by atoms with Gasteiger partial charge in [0.25, 0.3) is 0 Å². The van der Waals surface area contributed by atoms with Gasteiger partial charge in [0.05, 0.1) is 6.04 Å². The number of hydrogen-bond acceptors (Lipinski definition) is 2. The molecule has 0 saturated carbocycles. The highest BCUT2D eigenvalue weighted by atomic mass is 16.2. The van der Waals surface area contributed by atoms with E-state index in [0.29, 0.717) is 0 Å². The zero-order valence-corrected chi connectivity index (χ0v) is 9.94. The topological polar surface area (TPSA) is 33.2 Å². The minimum atomic E-state index is 0.180. The number of piperidine rings is 1. The minimum absolute atomic E-state index is 0.180. The molecule has 0 spiro atoms. The van der Waals surface area contributed by atoms with E-state index in [1.54, 1.807) is 6.92 Å². The van der Waals surface area contributed by atoms with Gasteiger partial charge in [0, 0.05) is 25.4 Å². The normalized spacial score (nSPS) is 20.9. The Hall–Kier alpha value is -1.38. The number of amides is 1. The van der Waals surface area contributed by atoms with Crippen molar-refractivity contribution < 1.29 is 4.79 Å². The Morgan fingerprint density at radius 3 is 3.00 bits per heavy atom. The highest BCUT2D eigenvalue weighted by molar-refractivity contribution is 5.74. The van der Waals surface area contributed by atoms with E-state index in [-0.39, 0.29) is 11.9 Å². The third kappa shape index (κ3) is 2.23. The molecule has 1 aliphatic heterocycles. The fourth-order valence-corrected chi connectivity index (χ4v) is 2.43. The van der Waals surface area contributed by atoms with E-state index in [2.05, 4.69) is 11.1 Å². The lowest BCUT2D eigenvalue weighted by atomic mass is 9.95. The van der Waals surface area contributed by atoms with Crippen LogP contribution in [0.2, 0.25) is 0 Å². The van der Waals surface area contributed by atoms with Gasteiger partial charge in [-0.25, -0.2) is 0 Å². The fourth-order valence-electron chi connectivity index (χ4n) is 2.43. The van der Waals surface area contributed by atoms with E-state index in [1.807, 2.05) is 24.1 Å². The van der Waals surface area contributed by atoms with Crippen molar-refractivity contribution in [2.24, 2.45) is 0 Å². The summed E-state index contributed by atoms with van der Waals surface area (Å²) in [5, 5.41) is 0. The number of aryl methyl sites for hydroxylation is 1. The summed E-state index contributed by atoms with van der Waals surface area (Å²) in [6.07, 6.45) is 5.23. The molecule has 86 valence electrons. The molecule has 1 saturated heterocycles. The van der Waals surface area contributed by atoms with Crippen LogP contribution in [0.15, 0.2) is 18.3 Å². The molecule has 3 nitrogen and oxygen atoms in total. The number of carbonyl (C=O) groups is 1.